The van der Waals surface area contributed by atoms with Crippen LogP contribution in [0.2, 0.25) is 0 Å². The number of carbonyl (C=O) groups excluding carboxylic acids is 3. The van der Waals surface area contributed by atoms with E-state index < -0.39 is 0 Å². The van der Waals surface area contributed by atoms with Crippen molar-refractivity contribution in [2.45, 2.75) is 19.8 Å². The second-order valence-corrected chi connectivity index (χ2v) is 7.21. The second-order valence-electron chi connectivity index (χ2n) is 7.21. The summed E-state index contributed by atoms with van der Waals surface area (Å²) in [5.41, 5.74) is 0.934. The van der Waals surface area contributed by atoms with E-state index in [0.29, 0.717) is 22.9 Å². The molecule has 2 aliphatic heterocycles. The summed E-state index contributed by atoms with van der Waals surface area (Å²) in [6.45, 7) is 3.52. The summed E-state index contributed by atoms with van der Waals surface area (Å²) in [7, 11) is 3.34. The van der Waals surface area contributed by atoms with Gasteiger partial charge >= 0.3 is 0 Å². The van der Waals surface area contributed by atoms with Crippen LogP contribution in [0.4, 0.5) is 5.69 Å². The van der Waals surface area contributed by atoms with Crippen LogP contribution in [-0.2, 0) is 9.59 Å². The van der Waals surface area contributed by atoms with Gasteiger partial charge in [-0.2, -0.15) is 0 Å². The van der Waals surface area contributed by atoms with E-state index >= 15 is 0 Å². The Bertz CT molecular complexity index is 723. The summed E-state index contributed by atoms with van der Waals surface area (Å²) in [5, 5.41) is 0. The number of hydrogen-bond donors (Lipinski definition) is 0. The van der Waals surface area contributed by atoms with Crippen molar-refractivity contribution in [2.24, 2.45) is 5.92 Å². The molecule has 0 radical (unpaired) electrons. The van der Waals surface area contributed by atoms with E-state index in [1.54, 1.807) is 32.3 Å². The minimum atomic E-state index is -0.273. The third-order valence-corrected chi connectivity index (χ3v) is 4.98. The minimum absolute atomic E-state index is 0.0246. The highest BCUT2D eigenvalue weighted by atomic mass is 16.5. The Morgan fingerprint density at radius 1 is 1.23 bits per heavy atom. The first-order chi connectivity index (χ1) is 12.4. The maximum absolute atomic E-state index is 12.7. The predicted molar refractivity (Wildman–Crippen MR) is 97.3 cm³/mol. The van der Waals surface area contributed by atoms with Gasteiger partial charge in [0.15, 0.2) is 6.61 Å². The Morgan fingerprint density at radius 2 is 1.92 bits per heavy atom. The van der Waals surface area contributed by atoms with E-state index in [9.17, 15) is 14.4 Å². The van der Waals surface area contributed by atoms with E-state index in [-0.39, 0.29) is 30.9 Å². The van der Waals surface area contributed by atoms with Gasteiger partial charge in [0.25, 0.3) is 11.8 Å². The molecule has 3 rings (SSSR count). The van der Waals surface area contributed by atoms with E-state index in [0.717, 1.165) is 25.9 Å². The van der Waals surface area contributed by atoms with Crippen LogP contribution in [0.5, 0.6) is 5.75 Å². The molecule has 7 nitrogen and oxygen atoms in total. The molecular weight excluding hydrogens is 334 g/mol. The van der Waals surface area contributed by atoms with E-state index in [1.807, 2.05) is 4.90 Å². The maximum atomic E-state index is 12.7. The smallest absolute Gasteiger partial charge is 0.265 e. The van der Waals surface area contributed by atoms with Crippen LogP contribution in [-0.4, -0.2) is 67.9 Å². The molecule has 2 heterocycles. The number of hydrogen-bond acceptors (Lipinski definition) is 4. The number of benzene rings is 1. The third kappa shape index (κ3) is 3.66. The van der Waals surface area contributed by atoms with Crippen LogP contribution in [0, 0.1) is 5.92 Å². The van der Waals surface area contributed by atoms with Crippen molar-refractivity contribution in [3.63, 3.8) is 0 Å². The molecular formula is C19H25N3O4. The van der Waals surface area contributed by atoms with Crippen molar-refractivity contribution < 1.29 is 19.1 Å². The topological polar surface area (TPSA) is 70.2 Å². The number of anilines is 1. The number of amides is 3. The molecule has 26 heavy (non-hydrogen) atoms. The molecule has 0 saturated carbocycles. The Kier molecular flexibility index (Phi) is 5.15. The molecule has 1 saturated heterocycles. The number of nitrogens with zero attached hydrogens (tertiary/aromatic N) is 3. The second kappa shape index (κ2) is 7.35. The Hall–Kier alpha value is -2.57. The standard InChI is InChI=1S/C19H25N3O4/c1-13-6-8-21(9-7-13)17(23)11-22-15-10-14(19(25)20(2)3)4-5-16(15)26-12-18(22)24/h4-5,10,13H,6-9,11-12H2,1-3H3. The zero-order valence-electron chi connectivity index (χ0n) is 15.5. The van der Waals surface area contributed by atoms with E-state index in [4.69, 9.17) is 4.74 Å². The largest absolute Gasteiger partial charge is 0.482 e. The van der Waals surface area contributed by atoms with Crippen LogP contribution < -0.4 is 9.64 Å². The SMILES string of the molecule is CC1CCN(C(=O)CN2C(=O)COc3ccc(C(=O)N(C)C)cc32)CC1. The highest BCUT2D eigenvalue weighted by Crippen LogP contribution is 2.33. The lowest BCUT2D eigenvalue weighted by Crippen LogP contribution is -2.48. The third-order valence-electron chi connectivity index (χ3n) is 4.98. The summed E-state index contributed by atoms with van der Waals surface area (Å²) in [5.74, 6) is 0.639. The first-order valence-corrected chi connectivity index (χ1v) is 8.93. The summed E-state index contributed by atoms with van der Waals surface area (Å²) < 4.78 is 5.46. The van der Waals surface area contributed by atoms with Crippen molar-refractivity contribution >= 4 is 23.4 Å². The molecule has 0 unspecified atom stereocenters. The molecule has 0 N–H and O–H groups in total. The number of fused-ring (bicyclic) bond motifs is 1. The van der Waals surface area contributed by atoms with E-state index in [1.165, 1.54) is 9.80 Å². The minimum Gasteiger partial charge on any atom is -0.482 e. The number of ether oxygens (including phenoxy) is 1. The molecule has 0 aliphatic carbocycles. The summed E-state index contributed by atoms with van der Waals surface area (Å²) >= 11 is 0. The fourth-order valence-electron chi connectivity index (χ4n) is 3.26. The Balaban J connectivity index is 1.82. The Morgan fingerprint density at radius 3 is 2.58 bits per heavy atom. The molecule has 1 aromatic rings. The molecule has 0 bridgehead atoms. The molecule has 0 aromatic heterocycles. The molecule has 1 aromatic carbocycles. The predicted octanol–water partition coefficient (Wildman–Crippen LogP) is 1.37. The highest BCUT2D eigenvalue weighted by Gasteiger charge is 2.30. The molecule has 1 fully saturated rings. The van der Waals surface area contributed by atoms with Gasteiger partial charge in [0.05, 0.1) is 5.69 Å². The van der Waals surface area contributed by atoms with Gasteiger partial charge in [-0.15, -0.1) is 0 Å². The average Bonchev–Trinajstić information content (AvgIpc) is 2.63. The first-order valence-electron chi connectivity index (χ1n) is 8.93. The van der Waals surface area contributed by atoms with Crippen LogP contribution in [0.25, 0.3) is 0 Å². The van der Waals surface area contributed by atoms with Crippen LogP contribution >= 0.6 is 0 Å². The van der Waals surface area contributed by atoms with Crippen molar-refractivity contribution in [1.82, 2.24) is 9.80 Å². The number of carbonyl (C=O) groups is 3. The summed E-state index contributed by atoms with van der Waals surface area (Å²) in [4.78, 5) is 42.0. The van der Waals surface area contributed by atoms with Crippen molar-refractivity contribution in [2.75, 3.05) is 45.2 Å². The fraction of sp³-hybridized carbons (Fsp3) is 0.526. The van der Waals surface area contributed by atoms with Crippen LogP contribution in [0.3, 0.4) is 0 Å². The maximum Gasteiger partial charge on any atom is 0.265 e. The molecule has 2 aliphatic rings. The van der Waals surface area contributed by atoms with Crippen LogP contribution in [0.1, 0.15) is 30.1 Å². The summed E-state index contributed by atoms with van der Waals surface area (Å²) in [6.07, 6.45) is 1.97. The van der Waals surface area contributed by atoms with Crippen molar-refractivity contribution in [1.29, 1.82) is 0 Å². The lowest BCUT2D eigenvalue weighted by molar-refractivity contribution is -0.133. The number of likely N-dealkylation sites (tertiary alicyclic amines) is 1. The lowest BCUT2D eigenvalue weighted by Gasteiger charge is -2.34. The molecule has 7 heteroatoms. The Labute approximate surface area is 153 Å². The summed E-state index contributed by atoms with van der Waals surface area (Å²) in [6, 6.07) is 4.97. The van der Waals surface area contributed by atoms with Crippen LogP contribution in [0.15, 0.2) is 18.2 Å². The van der Waals surface area contributed by atoms with Crippen molar-refractivity contribution in [3.8, 4) is 5.75 Å². The monoisotopic (exact) mass is 359 g/mol. The van der Waals surface area contributed by atoms with Gasteiger partial charge in [-0.1, -0.05) is 6.92 Å². The fourth-order valence-corrected chi connectivity index (χ4v) is 3.26. The van der Waals surface area contributed by atoms with Gasteiger partial charge in [0.1, 0.15) is 12.3 Å². The zero-order valence-corrected chi connectivity index (χ0v) is 15.5. The van der Waals surface area contributed by atoms with Gasteiger partial charge in [0, 0.05) is 32.7 Å². The van der Waals surface area contributed by atoms with Gasteiger partial charge in [-0.05, 0) is 37.0 Å². The van der Waals surface area contributed by atoms with Gasteiger partial charge < -0.3 is 14.5 Å². The average molecular weight is 359 g/mol. The van der Waals surface area contributed by atoms with Gasteiger partial charge in [-0.3, -0.25) is 19.3 Å². The first kappa shape index (κ1) is 18.2. The number of rotatable bonds is 3. The highest BCUT2D eigenvalue weighted by molar-refractivity contribution is 6.04. The molecule has 0 atom stereocenters. The number of piperidine rings is 1. The molecule has 3 amide bonds. The van der Waals surface area contributed by atoms with Gasteiger partial charge in [-0.25, -0.2) is 0 Å². The van der Waals surface area contributed by atoms with Crippen molar-refractivity contribution in [3.05, 3.63) is 23.8 Å². The molecule has 140 valence electrons. The quantitative estimate of drug-likeness (QED) is 0.817. The normalized spacial score (nSPS) is 17.6. The lowest BCUT2D eigenvalue weighted by atomic mass is 9.99. The van der Waals surface area contributed by atoms with E-state index in [2.05, 4.69) is 6.92 Å². The van der Waals surface area contributed by atoms with Gasteiger partial charge in [0.2, 0.25) is 5.91 Å². The molecule has 0 spiro atoms. The zero-order chi connectivity index (χ0) is 18.8.